The number of hydrogen-bond acceptors (Lipinski definition) is 4. The summed E-state index contributed by atoms with van der Waals surface area (Å²) in [6, 6.07) is 6.90. The zero-order valence-corrected chi connectivity index (χ0v) is 16.6. The molecule has 5 nitrogen and oxygen atoms in total. The van der Waals surface area contributed by atoms with Gasteiger partial charge in [0.05, 0.1) is 5.75 Å². The van der Waals surface area contributed by atoms with Gasteiger partial charge in [-0.1, -0.05) is 45.7 Å². The highest BCUT2D eigenvalue weighted by molar-refractivity contribution is 7.87. The molecule has 0 aromatic heterocycles. The molecule has 0 aliphatic heterocycles. The summed E-state index contributed by atoms with van der Waals surface area (Å²) in [5.41, 5.74) is 0.964. The normalized spacial score (nSPS) is 11.6. The third-order valence-corrected chi connectivity index (χ3v) is 4.96. The summed E-state index contributed by atoms with van der Waals surface area (Å²) in [5.74, 6) is 0.808. The second-order valence-electron chi connectivity index (χ2n) is 6.70. The van der Waals surface area contributed by atoms with Crippen LogP contribution in [0.1, 0.15) is 58.9 Å². The number of nitrogens with zero attached hydrogens (tertiary/aromatic N) is 1. The van der Waals surface area contributed by atoms with Crippen molar-refractivity contribution in [2.45, 2.75) is 59.9 Å². The number of carbonyl (C=O) groups is 1. The first-order chi connectivity index (χ1) is 11.8. The van der Waals surface area contributed by atoms with Gasteiger partial charge in [-0.2, -0.15) is 8.42 Å². The molecule has 0 heterocycles. The minimum absolute atomic E-state index is 0.0663. The minimum atomic E-state index is -3.52. The second kappa shape index (κ2) is 10.4. The minimum Gasteiger partial charge on any atom is -0.382 e. The molecule has 1 amide bonds. The van der Waals surface area contributed by atoms with E-state index in [9.17, 15) is 13.2 Å². The van der Waals surface area contributed by atoms with E-state index in [0.717, 1.165) is 24.8 Å². The van der Waals surface area contributed by atoms with Crippen molar-refractivity contribution in [3.05, 3.63) is 29.8 Å². The zero-order chi connectivity index (χ0) is 18.9. The van der Waals surface area contributed by atoms with Crippen molar-refractivity contribution in [3.8, 4) is 5.75 Å². The van der Waals surface area contributed by atoms with E-state index >= 15 is 0 Å². The van der Waals surface area contributed by atoms with Crippen LogP contribution in [0.25, 0.3) is 0 Å². The smallest absolute Gasteiger partial charge is 0.308 e. The van der Waals surface area contributed by atoms with E-state index in [1.54, 1.807) is 12.1 Å². The van der Waals surface area contributed by atoms with Gasteiger partial charge >= 0.3 is 10.1 Å². The van der Waals surface area contributed by atoms with E-state index in [-0.39, 0.29) is 11.7 Å². The van der Waals surface area contributed by atoms with Crippen molar-refractivity contribution in [2.24, 2.45) is 5.92 Å². The maximum Gasteiger partial charge on any atom is 0.308 e. The number of unbranched alkanes of at least 4 members (excludes halogenated alkanes) is 2. The molecule has 0 fully saturated rings. The molecule has 1 aromatic rings. The lowest BCUT2D eigenvalue weighted by atomic mass is 10.1. The maximum atomic E-state index is 12.5. The first-order valence-corrected chi connectivity index (χ1v) is 10.6. The van der Waals surface area contributed by atoms with Crippen LogP contribution in [0.3, 0.4) is 0 Å². The van der Waals surface area contributed by atoms with Gasteiger partial charge < -0.3 is 9.08 Å². The van der Waals surface area contributed by atoms with Crippen molar-refractivity contribution < 1.29 is 17.4 Å². The second-order valence-corrected chi connectivity index (χ2v) is 8.56. The Hall–Kier alpha value is -1.56. The maximum absolute atomic E-state index is 12.5. The van der Waals surface area contributed by atoms with Gasteiger partial charge in [-0.3, -0.25) is 4.79 Å². The Morgan fingerprint density at radius 2 is 1.76 bits per heavy atom. The SMILES string of the molecule is CCCCCC(=O)N(Cc1ccc(OS(=O)(=O)CC)cc1)CC(C)C. The number of hydrogen-bond donors (Lipinski definition) is 0. The van der Waals surface area contributed by atoms with Gasteiger partial charge in [0.25, 0.3) is 0 Å². The van der Waals surface area contributed by atoms with Crippen molar-refractivity contribution in [1.82, 2.24) is 4.90 Å². The van der Waals surface area contributed by atoms with Gasteiger partial charge in [-0.25, -0.2) is 0 Å². The van der Waals surface area contributed by atoms with Crippen LogP contribution in [-0.2, 0) is 21.5 Å². The van der Waals surface area contributed by atoms with Crippen LogP contribution in [0.4, 0.5) is 0 Å². The Bertz CT molecular complexity index is 623. The van der Waals surface area contributed by atoms with E-state index in [1.807, 2.05) is 17.0 Å². The first kappa shape index (κ1) is 21.5. The lowest BCUT2D eigenvalue weighted by molar-refractivity contribution is -0.132. The molecule has 1 rings (SSSR count). The third kappa shape index (κ3) is 8.38. The summed E-state index contributed by atoms with van der Waals surface area (Å²) in [4.78, 5) is 14.4. The molecule has 0 aliphatic carbocycles. The van der Waals surface area contributed by atoms with E-state index in [4.69, 9.17) is 4.18 Å². The zero-order valence-electron chi connectivity index (χ0n) is 15.8. The van der Waals surface area contributed by atoms with Crippen LogP contribution in [0.2, 0.25) is 0 Å². The monoisotopic (exact) mass is 369 g/mol. The fourth-order valence-corrected chi connectivity index (χ4v) is 2.98. The number of amides is 1. The summed E-state index contributed by atoms with van der Waals surface area (Å²) >= 11 is 0. The summed E-state index contributed by atoms with van der Waals surface area (Å²) < 4.78 is 28.0. The van der Waals surface area contributed by atoms with Crippen LogP contribution in [-0.4, -0.2) is 31.5 Å². The quantitative estimate of drug-likeness (QED) is 0.437. The van der Waals surface area contributed by atoms with E-state index in [0.29, 0.717) is 31.2 Å². The molecule has 25 heavy (non-hydrogen) atoms. The highest BCUT2D eigenvalue weighted by Gasteiger charge is 2.15. The molecule has 0 N–H and O–H groups in total. The lowest BCUT2D eigenvalue weighted by Crippen LogP contribution is -2.33. The Kier molecular flexibility index (Phi) is 8.97. The molecular weight excluding hydrogens is 338 g/mol. The van der Waals surface area contributed by atoms with Gasteiger partial charge in [0, 0.05) is 19.5 Å². The number of rotatable bonds is 11. The Morgan fingerprint density at radius 3 is 2.28 bits per heavy atom. The van der Waals surface area contributed by atoms with Gasteiger partial charge in [-0.05, 0) is 37.0 Å². The molecule has 142 valence electrons. The van der Waals surface area contributed by atoms with Gasteiger partial charge in [-0.15, -0.1) is 0 Å². The third-order valence-electron chi connectivity index (χ3n) is 3.81. The van der Waals surface area contributed by atoms with E-state index in [1.165, 1.54) is 6.92 Å². The molecule has 0 unspecified atom stereocenters. The van der Waals surface area contributed by atoms with Gasteiger partial charge in [0.1, 0.15) is 5.75 Å². The first-order valence-electron chi connectivity index (χ1n) is 9.06. The molecule has 0 aliphatic rings. The Morgan fingerprint density at radius 1 is 1.12 bits per heavy atom. The predicted molar refractivity (Wildman–Crippen MR) is 101 cm³/mol. The summed E-state index contributed by atoms with van der Waals surface area (Å²) in [6.07, 6.45) is 3.67. The van der Waals surface area contributed by atoms with Crippen molar-refractivity contribution in [2.75, 3.05) is 12.3 Å². The predicted octanol–water partition coefficient (Wildman–Crippen LogP) is 3.98. The van der Waals surface area contributed by atoms with Gasteiger partial charge in [0.2, 0.25) is 5.91 Å². The molecule has 0 atom stereocenters. The molecule has 0 saturated heterocycles. The fourth-order valence-electron chi connectivity index (χ4n) is 2.46. The standard InChI is InChI=1S/C19H31NO4S/c1-5-7-8-9-19(21)20(14-16(3)4)15-17-10-12-18(13-11-17)24-25(22,23)6-2/h10-13,16H,5-9,14-15H2,1-4H3. The Balaban J connectivity index is 2.74. The van der Waals surface area contributed by atoms with Crippen LogP contribution >= 0.6 is 0 Å². The molecule has 0 radical (unpaired) electrons. The van der Waals surface area contributed by atoms with Crippen LogP contribution in [0.5, 0.6) is 5.75 Å². The molecule has 0 saturated carbocycles. The summed E-state index contributed by atoms with van der Waals surface area (Å²) in [7, 11) is -3.52. The van der Waals surface area contributed by atoms with E-state index < -0.39 is 10.1 Å². The molecule has 1 aromatic carbocycles. The topological polar surface area (TPSA) is 63.7 Å². The molecular formula is C19H31NO4S. The van der Waals surface area contributed by atoms with Crippen molar-refractivity contribution in [1.29, 1.82) is 0 Å². The van der Waals surface area contributed by atoms with Crippen LogP contribution in [0, 0.1) is 5.92 Å². The summed E-state index contributed by atoms with van der Waals surface area (Å²) in [6.45, 7) is 9.10. The Labute approximate surface area is 152 Å². The fraction of sp³-hybridized carbons (Fsp3) is 0.632. The molecule has 0 bridgehead atoms. The molecule has 6 heteroatoms. The highest BCUT2D eigenvalue weighted by Crippen LogP contribution is 2.17. The van der Waals surface area contributed by atoms with Gasteiger partial charge in [0.15, 0.2) is 0 Å². The average molecular weight is 370 g/mol. The number of benzene rings is 1. The van der Waals surface area contributed by atoms with Crippen molar-refractivity contribution >= 4 is 16.0 Å². The average Bonchev–Trinajstić information content (AvgIpc) is 2.55. The summed E-state index contributed by atoms with van der Waals surface area (Å²) in [5, 5.41) is 0. The van der Waals surface area contributed by atoms with Crippen molar-refractivity contribution in [3.63, 3.8) is 0 Å². The lowest BCUT2D eigenvalue weighted by Gasteiger charge is -2.25. The largest absolute Gasteiger partial charge is 0.382 e. The molecule has 0 spiro atoms. The van der Waals surface area contributed by atoms with E-state index in [2.05, 4.69) is 20.8 Å². The van der Waals surface area contributed by atoms with Crippen LogP contribution < -0.4 is 4.18 Å². The highest BCUT2D eigenvalue weighted by atomic mass is 32.2. The number of carbonyl (C=O) groups excluding carboxylic acids is 1. The van der Waals surface area contributed by atoms with Crippen LogP contribution in [0.15, 0.2) is 24.3 Å².